The molecule has 0 aliphatic heterocycles. The van der Waals surface area contributed by atoms with E-state index in [1.807, 2.05) is 0 Å². The van der Waals surface area contributed by atoms with Gasteiger partial charge in [-0.15, -0.1) is 11.3 Å². The van der Waals surface area contributed by atoms with E-state index in [0.29, 0.717) is 38.3 Å². The van der Waals surface area contributed by atoms with E-state index in [0.717, 1.165) is 16.5 Å². The summed E-state index contributed by atoms with van der Waals surface area (Å²) in [6.45, 7) is 3.60. The van der Waals surface area contributed by atoms with Crippen molar-refractivity contribution in [1.29, 1.82) is 0 Å². The molecule has 15 heteroatoms. The number of nitrogens with zero attached hydrogens (tertiary/aromatic N) is 2. The first-order valence-corrected chi connectivity index (χ1v) is 17.1. The van der Waals surface area contributed by atoms with Crippen LogP contribution >= 0.6 is 22.9 Å². The van der Waals surface area contributed by atoms with Crippen LogP contribution in [-0.2, 0) is 28.9 Å². The second-order valence-electron chi connectivity index (χ2n) is 11.6. The van der Waals surface area contributed by atoms with Crippen LogP contribution < -0.4 is 14.8 Å². The fraction of sp³-hybridized carbons (Fsp3) is 0.250. The number of alkyl halides is 4. The number of sulfonamides is 1. The Hall–Kier alpha value is -4.14. The van der Waals surface area contributed by atoms with Crippen molar-refractivity contribution in [2.45, 2.75) is 38.2 Å². The maximum Gasteiger partial charge on any atom is 0.461 e. The van der Waals surface area contributed by atoms with Crippen LogP contribution in [0.2, 0.25) is 5.02 Å². The number of aromatic nitrogens is 2. The van der Waals surface area contributed by atoms with Gasteiger partial charge in [0.1, 0.15) is 5.75 Å². The Morgan fingerprint density at radius 2 is 1.74 bits per heavy atom. The Labute approximate surface area is 277 Å². The van der Waals surface area contributed by atoms with E-state index >= 15 is 0 Å². The molecule has 0 aliphatic rings. The van der Waals surface area contributed by atoms with Gasteiger partial charge in [0, 0.05) is 46.2 Å². The molecule has 0 radical (unpaired) electrons. The summed E-state index contributed by atoms with van der Waals surface area (Å²) in [7, 11) is -1.75. The standard InChI is InChI=1S/C32H29ClF4N4O4S2/c1-31(2,21-8-18(7-19-16-38-41(3)17-19)9-26(14-21)45-32(36,37)30(34)35)22-12-23(33)15-25(13-22)39-29(42)28-11-20-10-24(40-47(4,43)44)5-6-27(20)46-28/h5-6,8-17,30,40H,7H2,1-4H3,(H,39,42). The molecule has 2 heterocycles. The largest absolute Gasteiger partial charge is 0.461 e. The Balaban J connectivity index is 1.46. The van der Waals surface area contributed by atoms with Crippen molar-refractivity contribution in [3.05, 3.63) is 105 Å². The Bertz CT molecular complexity index is 2080. The summed E-state index contributed by atoms with van der Waals surface area (Å²) in [4.78, 5) is 13.6. The molecule has 0 spiro atoms. The minimum atomic E-state index is -4.71. The van der Waals surface area contributed by atoms with Gasteiger partial charge in [0.2, 0.25) is 10.0 Å². The lowest BCUT2D eigenvalue weighted by Gasteiger charge is -2.29. The average Bonchev–Trinajstić information content (AvgIpc) is 3.56. The number of anilines is 2. The summed E-state index contributed by atoms with van der Waals surface area (Å²) in [6.07, 6.45) is -4.07. The molecule has 0 saturated heterocycles. The van der Waals surface area contributed by atoms with Crippen LogP contribution in [0.1, 0.15) is 45.8 Å². The number of ether oxygens (including phenoxy) is 1. The molecule has 0 aliphatic carbocycles. The van der Waals surface area contributed by atoms with Crippen molar-refractivity contribution in [2.75, 3.05) is 16.3 Å². The smallest absolute Gasteiger partial charge is 0.428 e. The Kier molecular flexibility index (Phi) is 9.32. The number of hydrogen-bond donors (Lipinski definition) is 2. The normalized spacial score (nSPS) is 12.5. The SMILES string of the molecule is Cn1cc(Cc2cc(OC(F)(F)C(F)F)cc(C(C)(C)c3cc(Cl)cc(NC(=O)c4cc5cc(NS(C)(=O)=O)ccc5s4)c3)c2)cn1. The second kappa shape index (κ2) is 12.8. The van der Waals surface area contributed by atoms with Gasteiger partial charge < -0.3 is 10.1 Å². The zero-order valence-corrected chi connectivity index (χ0v) is 27.8. The highest BCUT2D eigenvalue weighted by Gasteiger charge is 2.44. The number of amides is 1. The van der Waals surface area contributed by atoms with E-state index in [2.05, 4.69) is 19.9 Å². The summed E-state index contributed by atoms with van der Waals surface area (Å²) in [6, 6.07) is 15.8. The number of carbonyl (C=O) groups excluding carboxylic acids is 1. The summed E-state index contributed by atoms with van der Waals surface area (Å²) >= 11 is 7.70. The molecular weight excluding hydrogens is 680 g/mol. The van der Waals surface area contributed by atoms with Crippen molar-refractivity contribution in [3.63, 3.8) is 0 Å². The molecule has 5 aromatic rings. The molecule has 0 unspecified atom stereocenters. The van der Waals surface area contributed by atoms with Crippen molar-refractivity contribution >= 4 is 60.3 Å². The van der Waals surface area contributed by atoms with Crippen LogP contribution in [0.5, 0.6) is 5.75 Å². The third-order valence-corrected chi connectivity index (χ3v) is 9.22. The lowest BCUT2D eigenvalue weighted by molar-refractivity contribution is -0.253. The number of rotatable bonds is 11. The zero-order valence-electron chi connectivity index (χ0n) is 25.4. The van der Waals surface area contributed by atoms with Gasteiger partial charge in [-0.05, 0) is 82.2 Å². The third-order valence-electron chi connectivity index (χ3n) is 7.28. The van der Waals surface area contributed by atoms with E-state index in [1.165, 1.54) is 23.5 Å². The van der Waals surface area contributed by atoms with Gasteiger partial charge in [-0.2, -0.15) is 22.7 Å². The predicted octanol–water partition coefficient (Wildman–Crippen LogP) is 8.07. The first-order valence-electron chi connectivity index (χ1n) is 14.0. The number of fused-ring (bicyclic) bond motifs is 1. The van der Waals surface area contributed by atoms with Crippen LogP contribution in [0.25, 0.3) is 10.1 Å². The lowest BCUT2D eigenvalue weighted by Crippen LogP contribution is -2.33. The van der Waals surface area contributed by atoms with Gasteiger partial charge >= 0.3 is 12.5 Å². The first-order chi connectivity index (χ1) is 21.9. The monoisotopic (exact) mass is 708 g/mol. The van der Waals surface area contributed by atoms with Gasteiger partial charge in [0.05, 0.1) is 17.3 Å². The van der Waals surface area contributed by atoms with Crippen molar-refractivity contribution in [2.24, 2.45) is 7.05 Å². The van der Waals surface area contributed by atoms with Crippen molar-refractivity contribution in [1.82, 2.24) is 9.78 Å². The van der Waals surface area contributed by atoms with Crippen LogP contribution in [-0.4, -0.2) is 42.9 Å². The molecule has 1 amide bonds. The summed E-state index contributed by atoms with van der Waals surface area (Å²) in [5, 5.41) is 7.91. The maximum atomic E-state index is 14.0. The van der Waals surface area contributed by atoms with E-state index in [4.69, 9.17) is 11.6 Å². The predicted molar refractivity (Wildman–Crippen MR) is 176 cm³/mol. The van der Waals surface area contributed by atoms with E-state index in [9.17, 15) is 30.8 Å². The summed E-state index contributed by atoms with van der Waals surface area (Å²) in [5.74, 6) is -0.867. The molecular formula is C32H29ClF4N4O4S2. The fourth-order valence-corrected chi connectivity index (χ4v) is 6.73. The molecule has 2 N–H and O–H groups in total. The molecule has 8 nitrogen and oxygen atoms in total. The Morgan fingerprint density at radius 1 is 1.02 bits per heavy atom. The topological polar surface area (TPSA) is 102 Å². The third kappa shape index (κ3) is 8.24. The molecule has 248 valence electrons. The second-order valence-corrected chi connectivity index (χ2v) is 14.8. The van der Waals surface area contributed by atoms with Gasteiger partial charge in [-0.3, -0.25) is 14.2 Å². The molecule has 0 atom stereocenters. The minimum absolute atomic E-state index is 0.270. The van der Waals surface area contributed by atoms with E-state index in [-0.39, 0.29) is 11.4 Å². The van der Waals surface area contributed by atoms with Gasteiger partial charge in [-0.25, -0.2) is 8.42 Å². The lowest BCUT2D eigenvalue weighted by atomic mass is 9.77. The quantitative estimate of drug-likeness (QED) is 0.135. The van der Waals surface area contributed by atoms with Gasteiger partial charge in [0.25, 0.3) is 5.91 Å². The van der Waals surface area contributed by atoms with Crippen molar-refractivity contribution < 1.29 is 35.5 Å². The van der Waals surface area contributed by atoms with Crippen LogP contribution in [0.15, 0.2) is 73.1 Å². The highest BCUT2D eigenvalue weighted by molar-refractivity contribution is 7.92. The van der Waals surface area contributed by atoms with Gasteiger partial charge in [-0.1, -0.05) is 31.5 Å². The molecule has 0 fully saturated rings. The van der Waals surface area contributed by atoms with Crippen LogP contribution in [0, 0.1) is 0 Å². The number of aryl methyl sites for hydroxylation is 1. The maximum absolute atomic E-state index is 14.0. The molecule has 2 aromatic heterocycles. The highest BCUT2D eigenvalue weighted by Crippen LogP contribution is 2.39. The number of halogens is 5. The van der Waals surface area contributed by atoms with Crippen LogP contribution in [0.4, 0.5) is 28.9 Å². The van der Waals surface area contributed by atoms with Gasteiger partial charge in [0.15, 0.2) is 0 Å². The van der Waals surface area contributed by atoms with E-state index in [1.54, 1.807) is 86.5 Å². The molecule has 5 rings (SSSR count). The zero-order chi connectivity index (χ0) is 34.3. The average molecular weight is 709 g/mol. The summed E-state index contributed by atoms with van der Waals surface area (Å²) < 4.78 is 86.6. The Morgan fingerprint density at radius 3 is 2.40 bits per heavy atom. The number of thiophene rings is 1. The first kappa shape index (κ1) is 34.2. The minimum Gasteiger partial charge on any atom is -0.428 e. The number of benzene rings is 3. The van der Waals surface area contributed by atoms with Crippen molar-refractivity contribution in [3.8, 4) is 5.75 Å². The van der Waals surface area contributed by atoms with E-state index < -0.39 is 39.6 Å². The number of nitrogens with one attached hydrogen (secondary N) is 2. The molecule has 0 saturated carbocycles. The molecule has 47 heavy (non-hydrogen) atoms. The molecule has 0 bridgehead atoms. The fourth-order valence-electron chi connectivity index (χ4n) is 5.00. The summed E-state index contributed by atoms with van der Waals surface area (Å²) in [5.41, 5.74) is 2.15. The molecule has 3 aromatic carbocycles. The number of hydrogen-bond acceptors (Lipinski definition) is 6. The number of carbonyl (C=O) groups is 1. The van der Waals surface area contributed by atoms with Crippen LogP contribution in [0.3, 0.4) is 0 Å². The highest BCUT2D eigenvalue weighted by atomic mass is 35.5.